The summed E-state index contributed by atoms with van der Waals surface area (Å²) in [5.74, 6) is 0.0202. The van der Waals surface area contributed by atoms with Crippen molar-refractivity contribution in [2.45, 2.75) is 25.6 Å². The lowest BCUT2D eigenvalue weighted by Gasteiger charge is -2.19. The van der Waals surface area contributed by atoms with Crippen LogP contribution in [0.25, 0.3) is 0 Å². The molecule has 0 spiro atoms. The van der Waals surface area contributed by atoms with Gasteiger partial charge in [-0.15, -0.1) is 11.3 Å². The second-order valence-electron chi connectivity index (χ2n) is 5.12. The topological polar surface area (TPSA) is 46.3 Å². The molecule has 2 heterocycles. The van der Waals surface area contributed by atoms with Crippen molar-refractivity contribution in [3.63, 3.8) is 0 Å². The van der Waals surface area contributed by atoms with Crippen LogP contribution in [0.4, 0.5) is 0 Å². The quantitative estimate of drug-likeness (QED) is 0.808. The Morgan fingerprint density at radius 2 is 2.00 bits per heavy atom. The molecule has 1 aromatic carbocycles. The van der Waals surface area contributed by atoms with E-state index in [0.717, 1.165) is 13.1 Å². The van der Waals surface area contributed by atoms with Gasteiger partial charge in [-0.05, 0) is 51.3 Å². The third-order valence-corrected chi connectivity index (χ3v) is 5.71. The van der Waals surface area contributed by atoms with Gasteiger partial charge in [-0.2, -0.15) is 0 Å². The number of nitrogens with two attached hydrogens (primary N) is 1. The van der Waals surface area contributed by atoms with Gasteiger partial charge in [0.05, 0.1) is 9.83 Å². The van der Waals surface area contributed by atoms with Crippen LogP contribution in [-0.4, -0.2) is 16.8 Å². The molecule has 0 bridgehead atoms. The fraction of sp³-hybridized carbons (Fsp3) is 0.267. The van der Waals surface area contributed by atoms with Crippen LogP contribution < -0.4 is 5.73 Å². The van der Waals surface area contributed by atoms with Crippen LogP contribution in [0.15, 0.2) is 38.6 Å². The van der Waals surface area contributed by atoms with Gasteiger partial charge in [-0.3, -0.25) is 4.79 Å². The zero-order valence-corrected chi connectivity index (χ0v) is 15.2. The van der Waals surface area contributed by atoms with E-state index in [1.54, 1.807) is 11.3 Å². The van der Waals surface area contributed by atoms with Crippen LogP contribution in [-0.2, 0) is 24.3 Å². The predicted octanol–water partition coefficient (Wildman–Crippen LogP) is 3.69. The molecule has 0 radical (unpaired) electrons. The first kappa shape index (κ1) is 15.2. The molecule has 1 unspecified atom stereocenters. The number of fused-ring (bicyclic) bond motifs is 1. The van der Waals surface area contributed by atoms with Crippen molar-refractivity contribution >= 4 is 49.1 Å². The Morgan fingerprint density at radius 3 is 2.71 bits per heavy atom. The molecule has 2 aromatic rings. The Kier molecular flexibility index (Phi) is 4.49. The number of nitrogens with zero attached hydrogens (tertiary/aromatic N) is 1. The molecule has 1 aliphatic heterocycles. The molecule has 1 aliphatic rings. The monoisotopic (exact) mass is 428 g/mol. The lowest BCUT2D eigenvalue weighted by Crippen LogP contribution is -2.42. The van der Waals surface area contributed by atoms with Crippen LogP contribution in [0.3, 0.4) is 0 Å². The van der Waals surface area contributed by atoms with Crippen molar-refractivity contribution in [1.82, 2.24) is 4.90 Å². The van der Waals surface area contributed by atoms with Crippen LogP contribution in [0, 0.1) is 0 Å². The summed E-state index contributed by atoms with van der Waals surface area (Å²) in [6.45, 7) is 1.30. The minimum atomic E-state index is -0.478. The minimum Gasteiger partial charge on any atom is -0.333 e. The van der Waals surface area contributed by atoms with E-state index in [1.807, 2.05) is 23.1 Å². The highest BCUT2D eigenvalue weighted by Crippen LogP contribution is 2.27. The lowest BCUT2D eigenvalue weighted by atomic mass is 10.1. The minimum absolute atomic E-state index is 0.0202. The summed E-state index contributed by atoms with van der Waals surface area (Å²) in [6, 6.07) is 9.67. The molecular weight excluding hydrogens is 416 g/mol. The summed E-state index contributed by atoms with van der Waals surface area (Å²) in [7, 11) is 0. The molecule has 1 amide bonds. The fourth-order valence-electron chi connectivity index (χ4n) is 2.52. The van der Waals surface area contributed by atoms with Crippen molar-refractivity contribution in [1.29, 1.82) is 0 Å². The van der Waals surface area contributed by atoms with E-state index in [9.17, 15) is 4.79 Å². The van der Waals surface area contributed by atoms with Crippen molar-refractivity contribution in [2.75, 3.05) is 0 Å². The van der Waals surface area contributed by atoms with Gasteiger partial charge < -0.3 is 10.6 Å². The van der Waals surface area contributed by atoms with Gasteiger partial charge in [0.1, 0.15) is 0 Å². The van der Waals surface area contributed by atoms with Gasteiger partial charge in [0, 0.05) is 28.9 Å². The molecule has 6 heteroatoms. The summed E-state index contributed by atoms with van der Waals surface area (Å²) in [6.07, 6.45) is 0.589. The van der Waals surface area contributed by atoms with Gasteiger partial charge in [0.15, 0.2) is 0 Å². The van der Waals surface area contributed by atoms with Gasteiger partial charge >= 0.3 is 0 Å². The van der Waals surface area contributed by atoms with Gasteiger partial charge in [-0.1, -0.05) is 22.0 Å². The van der Waals surface area contributed by atoms with Crippen LogP contribution in [0.2, 0.25) is 0 Å². The van der Waals surface area contributed by atoms with Crippen molar-refractivity contribution in [2.24, 2.45) is 5.73 Å². The highest BCUT2D eigenvalue weighted by molar-refractivity contribution is 9.11. The van der Waals surface area contributed by atoms with E-state index >= 15 is 0 Å². The fourth-order valence-corrected chi connectivity index (χ4v) is 4.47. The molecule has 0 saturated heterocycles. The Morgan fingerprint density at radius 1 is 1.24 bits per heavy atom. The highest BCUT2D eigenvalue weighted by Gasteiger charge is 2.27. The lowest BCUT2D eigenvalue weighted by molar-refractivity contribution is -0.133. The molecule has 1 atom stereocenters. The third-order valence-electron chi connectivity index (χ3n) is 3.57. The number of amides is 1. The van der Waals surface area contributed by atoms with E-state index in [1.165, 1.54) is 11.1 Å². The van der Waals surface area contributed by atoms with Gasteiger partial charge in [0.25, 0.3) is 0 Å². The second-order valence-corrected chi connectivity index (χ2v) is 8.59. The molecule has 3 rings (SSSR count). The smallest absolute Gasteiger partial charge is 0.240 e. The van der Waals surface area contributed by atoms with Crippen molar-refractivity contribution in [3.05, 3.63) is 54.6 Å². The number of halogens is 2. The Hall–Kier alpha value is -0.690. The summed E-state index contributed by atoms with van der Waals surface area (Å²) in [5, 5.41) is 0. The number of carbonyl (C=O) groups is 1. The zero-order chi connectivity index (χ0) is 15.0. The molecule has 0 aliphatic carbocycles. The Labute approximate surface area is 144 Å². The van der Waals surface area contributed by atoms with E-state index in [-0.39, 0.29) is 5.91 Å². The Balaban J connectivity index is 1.66. The maximum Gasteiger partial charge on any atom is 0.240 e. The summed E-state index contributed by atoms with van der Waals surface area (Å²) >= 11 is 8.52. The third kappa shape index (κ3) is 3.39. The molecule has 2 N–H and O–H groups in total. The number of benzene rings is 1. The van der Waals surface area contributed by atoms with E-state index < -0.39 is 6.04 Å². The molecule has 21 heavy (non-hydrogen) atoms. The van der Waals surface area contributed by atoms with Gasteiger partial charge in [-0.25, -0.2) is 0 Å². The average molecular weight is 430 g/mol. The van der Waals surface area contributed by atoms with E-state index in [4.69, 9.17) is 5.73 Å². The van der Waals surface area contributed by atoms with E-state index in [2.05, 4.69) is 44.0 Å². The Bertz CT molecular complexity index is 686. The molecular formula is C15H14Br2N2OS. The maximum absolute atomic E-state index is 12.5. The summed E-state index contributed by atoms with van der Waals surface area (Å²) < 4.78 is 2.11. The standard InChI is InChI=1S/C15H14Br2N2OS/c16-11-2-1-9-7-19(8-10(9)5-11)15(20)13(18)6-12-3-4-14(17)21-12/h1-5,13H,6-8,18H2. The van der Waals surface area contributed by atoms with Crippen LogP contribution in [0.1, 0.15) is 16.0 Å². The van der Waals surface area contributed by atoms with Gasteiger partial charge in [0.2, 0.25) is 5.91 Å². The molecule has 3 nitrogen and oxygen atoms in total. The number of hydrogen-bond acceptors (Lipinski definition) is 3. The predicted molar refractivity (Wildman–Crippen MR) is 92.1 cm³/mol. The van der Waals surface area contributed by atoms with Crippen LogP contribution in [0.5, 0.6) is 0 Å². The average Bonchev–Trinajstić information content (AvgIpc) is 3.03. The maximum atomic E-state index is 12.5. The molecule has 1 aromatic heterocycles. The normalized spacial score (nSPS) is 15.1. The van der Waals surface area contributed by atoms with Crippen molar-refractivity contribution < 1.29 is 4.79 Å². The molecule has 0 saturated carbocycles. The number of rotatable bonds is 3. The highest BCUT2D eigenvalue weighted by atomic mass is 79.9. The first-order chi connectivity index (χ1) is 10.0. The number of hydrogen-bond donors (Lipinski definition) is 1. The molecule has 0 fully saturated rings. The van der Waals surface area contributed by atoms with Crippen LogP contribution >= 0.6 is 43.2 Å². The first-order valence-electron chi connectivity index (χ1n) is 6.59. The zero-order valence-electron chi connectivity index (χ0n) is 11.2. The van der Waals surface area contributed by atoms with E-state index in [0.29, 0.717) is 19.5 Å². The summed E-state index contributed by atoms with van der Waals surface area (Å²) in [4.78, 5) is 15.5. The molecule has 110 valence electrons. The number of carbonyl (C=O) groups excluding carboxylic acids is 1. The largest absolute Gasteiger partial charge is 0.333 e. The number of thiophene rings is 1. The second kappa shape index (κ2) is 6.20. The SMILES string of the molecule is NC(Cc1ccc(Br)s1)C(=O)N1Cc2ccc(Br)cc2C1. The summed E-state index contributed by atoms with van der Waals surface area (Å²) in [5.41, 5.74) is 8.50. The van der Waals surface area contributed by atoms with Crippen molar-refractivity contribution in [3.8, 4) is 0 Å². The first-order valence-corrected chi connectivity index (χ1v) is 8.99.